The van der Waals surface area contributed by atoms with Crippen molar-refractivity contribution in [3.05, 3.63) is 24.3 Å². The molecule has 1 aromatic rings. The molecule has 0 unspecified atom stereocenters. The number of carbonyl (C=O) groups is 2. The van der Waals surface area contributed by atoms with Gasteiger partial charge < -0.3 is 20.0 Å². The van der Waals surface area contributed by atoms with Gasteiger partial charge in [-0.3, -0.25) is 4.79 Å². The van der Waals surface area contributed by atoms with Gasteiger partial charge in [-0.05, 0) is 38.1 Å². The van der Waals surface area contributed by atoms with Gasteiger partial charge in [-0.1, -0.05) is 0 Å². The lowest BCUT2D eigenvalue weighted by Gasteiger charge is -1.97. The van der Waals surface area contributed by atoms with Crippen molar-refractivity contribution >= 4 is 17.4 Å². The number of carbonyl (C=O) groups excluding carboxylic acids is 2. The topological polar surface area (TPSA) is 78.6 Å². The van der Waals surface area contributed by atoms with Crippen LogP contribution in [0.2, 0.25) is 0 Å². The minimum Gasteiger partial charge on any atom is -0.497 e. The number of hydrogen-bond donors (Lipinski definition) is 1. The van der Waals surface area contributed by atoms with Crippen LogP contribution in [-0.2, 0) is 14.3 Å². The SMILES string of the molecule is CCOC(=O)CCC(C)=O.COc1ccc(N)cc1. The van der Waals surface area contributed by atoms with E-state index in [-0.39, 0.29) is 18.2 Å². The van der Waals surface area contributed by atoms with Crippen molar-refractivity contribution in [2.24, 2.45) is 0 Å². The second-order valence-corrected chi connectivity index (χ2v) is 3.78. The number of rotatable bonds is 5. The number of anilines is 1. The van der Waals surface area contributed by atoms with Crippen LogP contribution < -0.4 is 10.5 Å². The standard InChI is InChI=1S/C7H9NO.C7H12O3/c1-9-7-4-2-6(8)3-5-7;1-3-10-7(9)5-4-6(2)8/h2-5H,8H2,1H3;3-5H2,1-2H3. The summed E-state index contributed by atoms with van der Waals surface area (Å²) in [4.78, 5) is 20.9. The fourth-order valence-corrected chi connectivity index (χ4v) is 1.12. The molecular weight excluding hydrogens is 246 g/mol. The normalized spacial score (nSPS) is 9.00. The van der Waals surface area contributed by atoms with Crippen molar-refractivity contribution in [3.8, 4) is 5.75 Å². The van der Waals surface area contributed by atoms with Crippen molar-refractivity contribution in [3.63, 3.8) is 0 Å². The summed E-state index contributed by atoms with van der Waals surface area (Å²) in [6.45, 7) is 3.58. The number of nitrogen functional groups attached to an aromatic ring is 1. The van der Waals surface area contributed by atoms with Crippen LogP contribution >= 0.6 is 0 Å². The molecule has 0 radical (unpaired) electrons. The zero-order valence-corrected chi connectivity index (χ0v) is 11.6. The second kappa shape index (κ2) is 9.94. The minimum absolute atomic E-state index is 0.0213. The molecule has 0 heterocycles. The molecule has 0 aliphatic rings. The van der Waals surface area contributed by atoms with Crippen LogP contribution in [0.25, 0.3) is 0 Å². The van der Waals surface area contributed by atoms with Gasteiger partial charge in [0.1, 0.15) is 11.5 Å². The molecule has 5 nitrogen and oxygen atoms in total. The molecule has 0 saturated heterocycles. The number of nitrogens with two attached hydrogens (primary N) is 1. The number of ketones is 1. The van der Waals surface area contributed by atoms with Crippen LogP contribution in [-0.4, -0.2) is 25.5 Å². The fourth-order valence-electron chi connectivity index (χ4n) is 1.12. The Kier molecular flexibility index (Phi) is 8.87. The molecule has 1 aromatic carbocycles. The Bertz CT molecular complexity index is 387. The first kappa shape index (κ1) is 17.0. The summed E-state index contributed by atoms with van der Waals surface area (Å²) in [6.07, 6.45) is 0.502. The molecule has 0 saturated carbocycles. The van der Waals surface area contributed by atoms with Crippen LogP contribution in [0.15, 0.2) is 24.3 Å². The van der Waals surface area contributed by atoms with Gasteiger partial charge in [-0.2, -0.15) is 0 Å². The van der Waals surface area contributed by atoms with Crippen LogP contribution in [0.1, 0.15) is 26.7 Å². The molecule has 0 amide bonds. The van der Waals surface area contributed by atoms with E-state index in [1.54, 1.807) is 26.2 Å². The van der Waals surface area contributed by atoms with E-state index in [9.17, 15) is 9.59 Å². The second-order valence-electron chi connectivity index (χ2n) is 3.78. The largest absolute Gasteiger partial charge is 0.497 e. The number of benzene rings is 1. The molecule has 5 heteroatoms. The van der Waals surface area contributed by atoms with Crippen molar-refractivity contribution < 1.29 is 19.1 Å². The van der Waals surface area contributed by atoms with E-state index < -0.39 is 0 Å². The third kappa shape index (κ3) is 9.64. The molecule has 0 atom stereocenters. The maximum atomic E-state index is 10.6. The Morgan fingerprint density at radius 3 is 2.16 bits per heavy atom. The van der Waals surface area contributed by atoms with Gasteiger partial charge in [0, 0.05) is 12.1 Å². The molecule has 0 spiro atoms. The van der Waals surface area contributed by atoms with Gasteiger partial charge in [-0.15, -0.1) is 0 Å². The van der Waals surface area contributed by atoms with Gasteiger partial charge in [0.15, 0.2) is 0 Å². The fraction of sp³-hybridized carbons (Fsp3) is 0.429. The number of esters is 1. The van der Waals surface area contributed by atoms with Crippen molar-refractivity contribution in [1.82, 2.24) is 0 Å². The first-order chi connectivity index (χ1) is 8.99. The summed E-state index contributed by atoms with van der Waals surface area (Å²) in [5, 5.41) is 0. The molecule has 2 N–H and O–H groups in total. The molecule has 0 aliphatic heterocycles. The minimum atomic E-state index is -0.294. The Balaban J connectivity index is 0.000000342. The van der Waals surface area contributed by atoms with Gasteiger partial charge in [0.2, 0.25) is 0 Å². The highest BCUT2D eigenvalue weighted by Crippen LogP contribution is 2.11. The van der Waals surface area contributed by atoms with E-state index in [1.807, 2.05) is 12.1 Å². The van der Waals surface area contributed by atoms with E-state index in [4.69, 9.17) is 10.5 Å². The summed E-state index contributed by atoms with van der Waals surface area (Å²) in [5.41, 5.74) is 6.19. The number of ether oxygens (including phenoxy) is 2. The average molecular weight is 267 g/mol. The van der Waals surface area contributed by atoms with Crippen molar-refractivity contribution in [1.29, 1.82) is 0 Å². The molecule has 0 bridgehead atoms. The van der Waals surface area contributed by atoms with E-state index in [0.717, 1.165) is 11.4 Å². The summed E-state index contributed by atoms with van der Waals surface area (Å²) < 4.78 is 9.51. The zero-order chi connectivity index (χ0) is 14.7. The Hall–Kier alpha value is -2.04. The Labute approximate surface area is 113 Å². The van der Waals surface area contributed by atoms with E-state index in [1.165, 1.54) is 6.92 Å². The maximum absolute atomic E-state index is 10.6. The quantitative estimate of drug-likeness (QED) is 0.653. The van der Waals surface area contributed by atoms with Crippen molar-refractivity contribution in [2.75, 3.05) is 19.5 Å². The monoisotopic (exact) mass is 267 g/mol. The Morgan fingerprint density at radius 2 is 1.74 bits per heavy atom. The molecule has 0 aliphatic carbocycles. The highest BCUT2D eigenvalue weighted by atomic mass is 16.5. The summed E-state index contributed by atoms with van der Waals surface area (Å²) in [7, 11) is 1.63. The van der Waals surface area contributed by atoms with E-state index >= 15 is 0 Å². The smallest absolute Gasteiger partial charge is 0.306 e. The van der Waals surface area contributed by atoms with Gasteiger partial charge >= 0.3 is 5.97 Å². The average Bonchev–Trinajstić information content (AvgIpc) is 2.38. The molecule has 1 rings (SSSR count). The van der Waals surface area contributed by atoms with Crippen LogP contribution in [0.5, 0.6) is 5.75 Å². The lowest BCUT2D eigenvalue weighted by atomic mass is 10.2. The first-order valence-corrected chi connectivity index (χ1v) is 6.04. The van der Waals surface area contributed by atoms with E-state index in [2.05, 4.69) is 4.74 Å². The molecule has 0 fully saturated rings. The van der Waals surface area contributed by atoms with Crippen molar-refractivity contribution in [2.45, 2.75) is 26.7 Å². The summed E-state index contributed by atoms with van der Waals surface area (Å²) >= 11 is 0. The predicted octanol–water partition coefficient (Wildman–Crippen LogP) is 2.20. The number of methoxy groups -OCH3 is 1. The van der Waals surface area contributed by atoms with Gasteiger partial charge in [0.25, 0.3) is 0 Å². The lowest BCUT2D eigenvalue weighted by Crippen LogP contribution is -2.05. The lowest BCUT2D eigenvalue weighted by molar-refractivity contribution is -0.144. The number of hydrogen-bond acceptors (Lipinski definition) is 5. The van der Waals surface area contributed by atoms with Gasteiger partial charge in [-0.25, -0.2) is 0 Å². The summed E-state index contributed by atoms with van der Waals surface area (Å²) in [5.74, 6) is 0.565. The molecule has 0 aromatic heterocycles. The highest BCUT2D eigenvalue weighted by molar-refractivity contribution is 5.80. The van der Waals surface area contributed by atoms with E-state index in [0.29, 0.717) is 13.0 Å². The van der Waals surface area contributed by atoms with Gasteiger partial charge in [0.05, 0.1) is 20.1 Å². The van der Waals surface area contributed by atoms with Crippen LogP contribution in [0.3, 0.4) is 0 Å². The first-order valence-electron chi connectivity index (χ1n) is 6.04. The zero-order valence-electron chi connectivity index (χ0n) is 11.6. The summed E-state index contributed by atoms with van der Waals surface area (Å²) in [6, 6.07) is 7.27. The van der Waals surface area contributed by atoms with Crippen LogP contribution in [0, 0.1) is 0 Å². The highest BCUT2D eigenvalue weighted by Gasteiger charge is 2.02. The maximum Gasteiger partial charge on any atom is 0.306 e. The predicted molar refractivity (Wildman–Crippen MR) is 74.0 cm³/mol. The third-order valence-electron chi connectivity index (χ3n) is 2.10. The van der Waals surface area contributed by atoms with Crippen LogP contribution in [0.4, 0.5) is 5.69 Å². The Morgan fingerprint density at radius 1 is 1.16 bits per heavy atom. The molecule has 106 valence electrons. The third-order valence-corrected chi connectivity index (χ3v) is 2.10. The number of Topliss-reactive ketones (excluding diaryl/α,β-unsaturated/α-hetero) is 1. The molecular formula is C14H21NO4. The molecule has 19 heavy (non-hydrogen) atoms.